The largest absolute Gasteiger partial charge is 0.392 e. The molecule has 0 aliphatic heterocycles. The highest BCUT2D eigenvalue weighted by molar-refractivity contribution is 4.90. The molecule has 0 aromatic heterocycles. The zero-order valence-corrected chi connectivity index (χ0v) is 10.1. The molecule has 2 fully saturated rings. The maximum atomic E-state index is 9.83. The first-order valence-electron chi connectivity index (χ1n) is 6.51. The summed E-state index contributed by atoms with van der Waals surface area (Å²) >= 11 is 0. The summed E-state index contributed by atoms with van der Waals surface area (Å²) in [7, 11) is 0. The lowest BCUT2D eigenvalue weighted by molar-refractivity contribution is 0.114. The van der Waals surface area contributed by atoms with Gasteiger partial charge in [0.1, 0.15) is 0 Å². The molecule has 2 N–H and O–H groups in total. The van der Waals surface area contributed by atoms with Crippen LogP contribution in [0.2, 0.25) is 0 Å². The molecule has 2 nitrogen and oxygen atoms in total. The highest BCUT2D eigenvalue weighted by atomic mass is 16.3. The van der Waals surface area contributed by atoms with Crippen molar-refractivity contribution in [2.45, 2.75) is 64.5 Å². The standard InChI is InChI=1S/C13H25NO/c1-13(2)8-4-3-5-12(13)14-9-11(15)10-6-7-10/h10-12,14-15H,3-9H2,1-2H3. The first-order chi connectivity index (χ1) is 7.09. The fourth-order valence-corrected chi connectivity index (χ4v) is 2.78. The van der Waals surface area contributed by atoms with Gasteiger partial charge in [0.2, 0.25) is 0 Å². The zero-order valence-electron chi connectivity index (χ0n) is 10.1. The van der Waals surface area contributed by atoms with Crippen molar-refractivity contribution < 1.29 is 5.11 Å². The Morgan fingerprint density at radius 1 is 1.27 bits per heavy atom. The van der Waals surface area contributed by atoms with E-state index in [0.717, 1.165) is 6.54 Å². The Labute approximate surface area is 93.5 Å². The number of hydrogen-bond donors (Lipinski definition) is 2. The fourth-order valence-electron chi connectivity index (χ4n) is 2.78. The van der Waals surface area contributed by atoms with Crippen molar-refractivity contribution in [3.05, 3.63) is 0 Å². The van der Waals surface area contributed by atoms with Gasteiger partial charge in [-0.1, -0.05) is 26.7 Å². The summed E-state index contributed by atoms with van der Waals surface area (Å²) in [5, 5.41) is 13.4. The quantitative estimate of drug-likeness (QED) is 0.748. The molecule has 0 amide bonds. The van der Waals surface area contributed by atoms with E-state index in [2.05, 4.69) is 19.2 Å². The Balaban J connectivity index is 1.76. The monoisotopic (exact) mass is 211 g/mol. The number of rotatable bonds is 4. The molecule has 88 valence electrons. The maximum absolute atomic E-state index is 9.83. The lowest BCUT2D eigenvalue weighted by Crippen LogP contribution is -2.47. The van der Waals surface area contributed by atoms with Crippen molar-refractivity contribution in [2.24, 2.45) is 11.3 Å². The average Bonchev–Trinajstić information content (AvgIpc) is 2.98. The topological polar surface area (TPSA) is 32.3 Å². The van der Waals surface area contributed by atoms with Crippen LogP contribution in [0, 0.1) is 11.3 Å². The van der Waals surface area contributed by atoms with Crippen molar-refractivity contribution in [1.82, 2.24) is 5.32 Å². The van der Waals surface area contributed by atoms with Gasteiger partial charge in [0, 0.05) is 12.6 Å². The summed E-state index contributed by atoms with van der Waals surface area (Å²) in [5.41, 5.74) is 0.418. The van der Waals surface area contributed by atoms with Crippen molar-refractivity contribution in [1.29, 1.82) is 0 Å². The normalized spacial score (nSPS) is 32.6. The highest BCUT2D eigenvalue weighted by Crippen LogP contribution is 2.36. The summed E-state index contributed by atoms with van der Waals surface area (Å²) in [6.07, 6.45) is 7.70. The molecule has 0 heterocycles. The maximum Gasteiger partial charge on any atom is 0.0692 e. The second-order valence-corrected chi connectivity index (χ2v) is 6.10. The van der Waals surface area contributed by atoms with Gasteiger partial charge in [-0.05, 0) is 37.0 Å². The van der Waals surface area contributed by atoms with Gasteiger partial charge in [0.05, 0.1) is 6.10 Å². The van der Waals surface area contributed by atoms with E-state index >= 15 is 0 Å². The van der Waals surface area contributed by atoms with Crippen LogP contribution < -0.4 is 5.32 Å². The predicted molar refractivity (Wildman–Crippen MR) is 62.8 cm³/mol. The van der Waals surface area contributed by atoms with Crippen LogP contribution in [0.3, 0.4) is 0 Å². The average molecular weight is 211 g/mol. The molecule has 2 unspecified atom stereocenters. The number of aliphatic hydroxyl groups is 1. The van der Waals surface area contributed by atoms with Crippen LogP contribution in [0.5, 0.6) is 0 Å². The van der Waals surface area contributed by atoms with E-state index in [9.17, 15) is 5.11 Å². The van der Waals surface area contributed by atoms with Gasteiger partial charge in [-0.2, -0.15) is 0 Å². The molecule has 0 bridgehead atoms. The second-order valence-electron chi connectivity index (χ2n) is 6.10. The van der Waals surface area contributed by atoms with Crippen molar-refractivity contribution in [3.63, 3.8) is 0 Å². The van der Waals surface area contributed by atoms with Gasteiger partial charge in [-0.25, -0.2) is 0 Å². The molecular weight excluding hydrogens is 186 g/mol. The number of hydrogen-bond acceptors (Lipinski definition) is 2. The molecule has 0 aromatic rings. The van der Waals surface area contributed by atoms with E-state index in [1.807, 2.05) is 0 Å². The molecule has 15 heavy (non-hydrogen) atoms. The predicted octanol–water partition coefficient (Wildman–Crippen LogP) is 2.32. The molecule has 2 heteroatoms. The van der Waals surface area contributed by atoms with E-state index < -0.39 is 0 Å². The van der Waals surface area contributed by atoms with E-state index in [4.69, 9.17) is 0 Å². The summed E-state index contributed by atoms with van der Waals surface area (Å²) < 4.78 is 0. The Morgan fingerprint density at radius 3 is 2.60 bits per heavy atom. The first kappa shape index (κ1) is 11.4. The minimum atomic E-state index is -0.0947. The van der Waals surface area contributed by atoms with Crippen LogP contribution in [0.15, 0.2) is 0 Å². The minimum absolute atomic E-state index is 0.0947. The van der Waals surface area contributed by atoms with Gasteiger partial charge >= 0.3 is 0 Å². The summed E-state index contributed by atoms with van der Waals surface area (Å²) in [6.45, 7) is 5.51. The van der Waals surface area contributed by atoms with Crippen molar-refractivity contribution >= 4 is 0 Å². The van der Waals surface area contributed by atoms with Gasteiger partial charge in [0.15, 0.2) is 0 Å². The van der Waals surface area contributed by atoms with E-state index in [1.54, 1.807) is 0 Å². The molecule has 0 saturated heterocycles. The van der Waals surface area contributed by atoms with Crippen LogP contribution in [-0.2, 0) is 0 Å². The van der Waals surface area contributed by atoms with Crippen LogP contribution in [0.25, 0.3) is 0 Å². The summed E-state index contributed by atoms with van der Waals surface area (Å²) in [6, 6.07) is 0.611. The van der Waals surface area contributed by atoms with Crippen molar-refractivity contribution in [3.8, 4) is 0 Å². The van der Waals surface area contributed by atoms with Gasteiger partial charge in [-0.15, -0.1) is 0 Å². The van der Waals surface area contributed by atoms with Gasteiger partial charge in [-0.3, -0.25) is 0 Å². The fraction of sp³-hybridized carbons (Fsp3) is 1.00. The second kappa shape index (κ2) is 4.42. The molecular formula is C13H25NO. The Bertz CT molecular complexity index is 211. The lowest BCUT2D eigenvalue weighted by Gasteiger charge is -2.39. The molecule has 0 radical (unpaired) electrons. The van der Waals surface area contributed by atoms with Crippen LogP contribution in [0.1, 0.15) is 52.4 Å². The summed E-state index contributed by atoms with van der Waals surface area (Å²) in [5.74, 6) is 0.601. The van der Waals surface area contributed by atoms with E-state index in [1.165, 1.54) is 38.5 Å². The SMILES string of the molecule is CC1(C)CCCCC1NCC(O)C1CC1. The van der Waals surface area contributed by atoms with Crippen LogP contribution in [-0.4, -0.2) is 23.8 Å². The number of aliphatic hydroxyl groups excluding tert-OH is 1. The molecule has 0 aromatic carbocycles. The van der Waals surface area contributed by atoms with Crippen LogP contribution in [0.4, 0.5) is 0 Å². The zero-order chi connectivity index (χ0) is 10.9. The Hall–Kier alpha value is -0.0800. The first-order valence-corrected chi connectivity index (χ1v) is 6.51. The third-order valence-corrected chi connectivity index (χ3v) is 4.25. The van der Waals surface area contributed by atoms with E-state index in [0.29, 0.717) is 17.4 Å². The number of nitrogens with one attached hydrogen (secondary N) is 1. The highest BCUT2D eigenvalue weighted by Gasteiger charge is 2.34. The van der Waals surface area contributed by atoms with Gasteiger partial charge in [0.25, 0.3) is 0 Å². The Kier molecular flexibility index (Phi) is 3.36. The van der Waals surface area contributed by atoms with Crippen LogP contribution >= 0.6 is 0 Å². The minimum Gasteiger partial charge on any atom is -0.392 e. The summed E-state index contributed by atoms with van der Waals surface area (Å²) in [4.78, 5) is 0. The molecule has 0 spiro atoms. The molecule has 2 rings (SSSR count). The van der Waals surface area contributed by atoms with E-state index in [-0.39, 0.29) is 6.10 Å². The smallest absolute Gasteiger partial charge is 0.0692 e. The molecule has 2 saturated carbocycles. The molecule has 2 atom stereocenters. The van der Waals surface area contributed by atoms with Crippen molar-refractivity contribution in [2.75, 3.05) is 6.54 Å². The molecule has 2 aliphatic rings. The lowest BCUT2D eigenvalue weighted by atomic mass is 9.73. The molecule has 2 aliphatic carbocycles. The Morgan fingerprint density at radius 2 is 2.00 bits per heavy atom. The third kappa shape index (κ3) is 2.94. The third-order valence-electron chi connectivity index (χ3n) is 4.25. The van der Waals surface area contributed by atoms with Gasteiger partial charge < -0.3 is 10.4 Å².